The van der Waals surface area contributed by atoms with Crippen molar-refractivity contribution in [3.63, 3.8) is 0 Å². The molecule has 0 fully saturated rings. The van der Waals surface area contributed by atoms with Crippen molar-refractivity contribution < 1.29 is 19.4 Å². The highest BCUT2D eigenvalue weighted by atomic mass is 16.7. The Labute approximate surface area is 107 Å². The summed E-state index contributed by atoms with van der Waals surface area (Å²) in [7, 11) is 0. The highest BCUT2D eigenvalue weighted by molar-refractivity contribution is 5.78. The molecule has 0 saturated carbocycles. The van der Waals surface area contributed by atoms with Gasteiger partial charge in [0.15, 0.2) is 11.5 Å². The van der Waals surface area contributed by atoms with Gasteiger partial charge in [-0.05, 0) is 12.5 Å². The molecule has 0 aromatic heterocycles. The van der Waals surface area contributed by atoms with Crippen molar-refractivity contribution in [1.82, 2.24) is 0 Å². The number of para-hydroxylation sites is 1. The van der Waals surface area contributed by atoms with Crippen LogP contribution in [-0.2, 0) is 4.79 Å². The molecule has 1 atom stereocenters. The molecule has 0 saturated heterocycles. The van der Waals surface area contributed by atoms with Crippen molar-refractivity contribution in [2.24, 2.45) is 0 Å². The molecule has 4 nitrogen and oxygen atoms in total. The van der Waals surface area contributed by atoms with Gasteiger partial charge in [-0.25, -0.2) is 0 Å². The summed E-state index contributed by atoms with van der Waals surface area (Å²) in [5.41, 5.74) is 0.730. The van der Waals surface area contributed by atoms with Gasteiger partial charge in [-0.3, -0.25) is 4.79 Å². The average molecular weight is 250 g/mol. The topological polar surface area (TPSA) is 55.8 Å². The number of hydrogen-bond donors (Lipinski definition) is 1. The van der Waals surface area contributed by atoms with E-state index in [0.717, 1.165) is 24.8 Å². The molecule has 98 valence electrons. The van der Waals surface area contributed by atoms with E-state index in [9.17, 15) is 9.90 Å². The summed E-state index contributed by atoms with van der Waals surface area (Å²) in [4.78, 5) is 11.4. The largest absolute Gasteiger partial charge is 0.481 e. The summed E-state index contributed by atoms with van der Waals surface area (Å²) in [5.74, 6) is -0.0566. The molecule has 1 aromatic rings. The number of unbranched alkanes of at least 4 members (excludes halogenated alkanes) is 2. The fourth-order valence-corrected chi connectivity index (χ4v) is 2.24. The van der Waals surface area contributed by atoms with Crippen LogP contribution >= 0.6 is 0 Å². The second-order valence-electron chi connectivity index (χ2n) is 4.47. The van der Waals surface area contributed by atoms with E-state index in [1.807, 2.05) is 12.1 Å². The summed E-state index contributed by atoms with van der Waals surface area (Å²) >= 11 is 0. The van der Waals surface area contributed by atoms with Crippen LogP contribution in [0.3, 0.4) is 0 Å². The molecule has 1 N–H and O–H groups in total. The molecule has 1 heterocycles. The van der Waals surface area contributed by atoms with Crippen molar-refractivity contribution >= 4 is 5.97 Å². The van der Waals surface area contributed by atoms with E-state index >= 15 is 0 Å². The second-order valence-corrected chi connectivity index (χ2v) is 4.47. The van der Waals surface area contributed by atoms with Crippen molar-refractivity contribution in [3.05, 3.63) is 23.8 Å². The van der Waals surface area contributed by atoms with Crippen LogP contribution in [0.25, 0.3) is 0 Å². The molecular weight excluding hydrogens is 232 g/mol. The Balaban J connectivity index is 2.20. The molecule has 0 amide bonds. The molecule has 18 heavy (non-hydrogen) atoms. The third-order valence-electron chi connectivity index (χ3n) is 3.20. The monoisotopic (exact) mass is 250 g/mol. The maximum atomic E-state index is 11.4. The number of aliphatic carboxylic acids is 1. The summed E-state index contributed by atoms with van der Waals surface area (Å²) in [6.45, 7) is 2.28. The molecule has 0 unspecified atom stereocenters. The highest BCUT2D eigenvalue weighted by Crippen LogP contribution is 2.40. The maximum absolute atomic E-state index is 11.4. The van der Waals surface area contributed by atoms with Crippen LogP contribution in [0.15, 0.2) is 18.2 Å². The van der Waals surface area contributed by atoms with Crippen LogP contribution in [0.1, 0.15) is 44.1 Å². The fourth-order valence-electron chi connectivity index (χ4n) is 2.24. The summed E-state index contributed by atoms with van der Waals surface area (Å²) in [5, 5.41) is 9.36. The predicted octanol–water partition coefficient (Wildman–Crippen LogP) is 3.16. The van der Waals surface area contributed by atoms with Crippen LogP contribution < -0.4 is 9.47 Å². The normalized spacial score (nSPS) is 14.5. The zero-order valence-corrected chi connectivity index (χ0v) is 10.5. The van der Waals surface area contributed by atoms with E-state index in [1.165, 1.54) is 0 Å². The van der Waals surface area contributed by atoms with Crippen LogP contribution in [0.4, 0.5) is 0 Å². The first kappa shape index (κ1) is 12.7. The minimum Gasteiger partial charge on any atom is -0.481 e. The van der Waals surface area contributed by atoms with Crippen molar-refractivity contribution in [3.8, 4) is 11.5 Å². The quantitative estimate of drug-likeness (QED) is 0.788. The lowest BCUT2D eigenvalue weighted by molar-refractivity contribution is -0.139. The zero-order valence-electron chi connectivity index (χ0n) is 10.5. The van der Waals surface area contributed by atoms with Gasteiger partial charge in [0.25, 0.3) is 0 Å². The standard InChI is InChI=1S/C14H18O4/c1-2-3-4-6-11(14(15)16)10-7-5-8-12-13(10)18-9-17-12/h5,7-8,11H,2-4,6,9H2,1H3,(H,15,16)/t11-/m0/s1. The Bertz CT molecular complexity index is 428. The first-order valence-corrected chi connectivity index (χ1v) is 6.35. The molecular formula is C14H18O4. The number of benzene rings is 1. The first-order chi connectivity index (χ1) is 8.74. The van der Waals surface area contributed by atoms with Crippen molar-refractivity contribution in [2.45, 2.75) is 38.5 Å². The third kappa shape index (κ3) is 2.58. The van der Waals surface area contributed by atoms with Crippen LogP contribution in [-0.4, -0.2) is 17.9 Å². The zero-order chi connectivity index (χ0) is 13.0. The number of rotatable bonds is 6. The molecule has 1 aromatic carbocycles. The molecule has 1 aliphatic heterocycles. The van der Waals surface area contributed by atoms with E-state index in [1.54, 1.807) is 6.07 Å². The minimum absolute atomic E-state index is 0.174. The molecule has 0 bridgehead atoms. The lowest BCUT2D eigenvalue weighted by Gasteiger charge is -2.14. The van der Waals surface area contributed by atoms with Gasteiger partial charge < -0.3 is 14.6 Å². The molecule has 1 aliphatic rings. The lowest BCUT2D eigenvalue weighted by Crippen LogP contribution is -2.12. The number of carbonyl (C=O) groups is 1. The molecule has 0 spiro atoms. The van der Waals surface area contributed by atoms with Crippen molar-refractivity contribution in [2.75, 3.05) is 6.79 Å². The molecule has 0 radical (unpaired) electrons. The Morgan fingerprint density at radius 2 is 2.22 bits per heavy atom. The van der Waals surface area contributed by atoms with Crippen LogP contribution in [0.5, 0.6) is 11.5 Å². The van der Waals surface area contributed by atoms with E-state index < -0.39 is 11.9 Å². The number of hydrogen-bond acceptors (Lipinski definition) is 3. The number of fused-ring (bicyclic) bond motifs is 1. The fraction of sp³-hybridized carbons (Fsp3) is 0.500. The van der Waals surface area contributed by atoms with Gasteiger partial charge >= 0.3 is 5.97 Å². The van der Waals surface area contributed by atoms with Crippen molar-refractivity contribution in [1.29, 1.82) is 0 Å². The molecule has 4 heteroatoms. The van der Waals surface area contributed by atoms with Gasteiger partial charge in [-0.2, -0.15) is 0 Å². The van der Waals surface area contributed by atoms with Crippen LogP contribution in [0.2, 0.25) is 0 Å². The van der Waals surface area contributed by atoms with Gasteiger partial charge in [-0.15, -0.1) is 0 Å². The summed E-state index contributed by atoms with van der Waals surface area (Å²) < 4.78 is 10.7. The predicted molar refractivity (Wildman–Crippen MR) is 67.1 cm³/mol. The Morgan fingerprint density at radius 3 is 2.94 bits per heavy atom. The number of ether oxygens (including phenoxy) is 2. The van der Waals surface area contributed by atoms with E-state index in [-0.39, 0.29) is 6.79 Å². The molecule has 0 aliphatic carbocycles. The van der Waals surface area contributed by atoms with Gasteiger partial charge in [0.05, 0.1) is 5.92 Å². The van der Waals surface area contributed by atoms with Gasteiger partial charge in [0.2, 0.25) is 6.79 Å². The van der Waals surface area contributed by atoms with Gasteiger partial charge in [-0.1, -0.05) is 38.3 Å². The highest BCUT2D eigenvalue weighted by Gasteiger charge is 2.27. The summed E-state index contributed by atoms with van der Waals surface area (Å²) in [6, 6.07) is 5.44. The van der Waals surface area contributed by atoms with E-state index in [2.05, 4.69) is 6.92 Å². The van der Waals surface area contributed by atoms with Crippen LogP contribution in [0, 0.1) is 0 Å². The molecule has 2 rings (SSSR count). The Kier molecular flexibility index (Phi) is 4.07. The maximum Gasteiger partial charge on any atom is 0.311 e. The number of carboxylic acids is 1. The Morgan fingerprint density at radius 1 is 1.39 bits per heavy atom. The van der Waals surface area contributed by atoms with Gasteiger partial charge in [0, 0.05) is 5.56 Å². The smallest absolute Gasteiger partial charge is 0.311 e. The average Bonchev–Trinajstić information content (AvgIpc) is 2.82. The van der Waals surface area contributed by atoms with Gasteiger partial charge in [0.1, 0.15) is 0 Å². The summed E-state index contributed by atoms with van der Waals surface area (Å²) in [6.07, 6.45) is 3.69. The first-order valence-electron chi connectivity index (χ1n) is 6.35. The lowest BCUT2D eigenvalue weighted by atomic mass is 9.92. The van der Waals surface area contributed by atoms with E-state index in [0.29, 0.717) is 17.9 Å². The SMILES string of the molecule is CCCCC[C@H](C(=O)O)c1cccc2c1OCO2. The minimum atomic E-state index is -0.796. The third-order valence-corrected chi connectivity index (χ3v) is 3.20. The second kappa shape index (κ2) is 5.76. The number of carboxylic acid groups (broad SMARTS) is 1. The van der Waals surface area contributed by atoms with E-state index in [4.69, 9.17) is 9.47 Å². The Hall–Kier alpha value is -1.71.